The van der Waals surface area contributed by atoms with Gasteiger partial charge in [-0.05, 0) is 29.8 Å². The van der Waals surface area contributed by atoms with Crippen LogP contribution in [-0.2, 0) is 17.8 Å². The smallest absolute Gasteiger partial charge is 0.341 e. The van der Waals surface area contributed by atoms with Gasteiger partial charge in [0.15, 0.2) is 5.65 Å². The number of anilines is 2. The summed E-state index contributed by atoms with van der Waals surface area (Å²) in [5.41, 5.74) is 1.70. The van der Waals surface area contributed by atoms with Gasteiger partial charge in [-0.15, -0.1) is 0 Å². The Morgan fingerprint density at radius 3 is 2.83 bits per heavy atom. The molecule has 4 aromatic rings. The molecule has 0 amide bonds. The molecule has 0 saturated carbocycles. The third-order valence-electron chi connectivity index (χ3n) is 5.93. The summed E-state index contributed by atoms with van der Waals surface area (Å²) in [5, 5.41) is 22.7. The van der Waals surface area contributed by atoms with Gasteiger partial charge in [0.25, 0.3) is 0 Å². The number of ether oxygens (including phenoxy) is 1. The molecule has 0 unspecified atom stereocenters. The molecule has 0 fully saturated rings. The molecule has 36 heavy (non-hydrogen) atoms. The van der Waals surface area contributed by atoms with E-state index >= 15 is 0 Å². The predicted molar refractivity (Wildman–Crippen MR) is 131 cm³/mol. The molecule has 0 saturated heterocycles. The van der Waals surface area contributed by atoms with E-state index in [1.54, 1.807) is 31.6 Å². The number of nitrogens with one attached hydrogen (secondary N) is 1. The second-order valence-corrected chi connectivity index (χ2v) is 8.18. The summed E-state index contributed by atoms with van der Waals surface area (Å²) >= 11 is 0. The Bertz CT molecular complexity index is 1550. The van der Waals surface area contributed by atoms with Gasteiger partial charge in [-0.2, -0.15) is 5.26 Å². The number of carboxylic acid groups (broad SMARTS) is 1. The minimum Gasteiger partial charge on any atom is -0.477 e. The second kappa shape index (κ2) is 9.44. The maximum Gasteiger partial charge on any atom is 0.341 e. The molecule has 4 aromatic heterocycles. The Labute approximate surface area is 205 Å². The van der Waals surface area contributed by atoms with Crippen molar-refractivity contribution in [2.24, 2.45) is 0 Å². The molecule has 11 heteroatoms. The molecule has 11 nitrogen and oxygen atoms in total. The number of aromatic nitrogens is 4. The van der Waals surface area contributed by atoms with Crippen LogP contribution in [0.1, 0.15) is 27.2 Å². The van der Waals surface area contributed by atoms with Crippen LogP contribution in [0, 0.1) is 11.3 Å². The van der Waals surface area contributed by atoms with Crippen molar-refractivity contribution in [1.29, 1.82) is 5.26 Å². The van der Waals surface area contributed by atoms with E-state index in [1.807, 2.05) is 17.0 Å². The molecule has 2 N–H and O–H groups in total. The highest BCUT2D eigenvalue weighted by Crippen LogP contribution is 2.30. The van der Waals surface area contributed by atoms with Gasteiger partial charge in [0.2, 0.25) is 5.43 Å². The number of aromatic carboxylic acids is 1. The van der Waals surface area contributed by atoms with Crippen LogP contribution < -0.4 is 15.6 Å². The number of hydrogen-bond donors (Lipinski definition) is 2. The lowest BCUT2D eigenvalue weighted by Gasteiger charge is -2.20. The Morgan fingerprint density at radius 1 is 1.28 bits per heavy atom. The Morgan fingerprint density at radius 2 is 2.14 bits per heavy atom. The monoisotopic (exact) mass is 483 g/mol. The zero-order chi connectivity index (χ0) is 25.2. The van der Waals surface area contributed by atoms with Crippen LogP contribution in [0.5, 0.6) is 0 Å². The average Bonchev–Trinajstić information content (AvgIpc) is 3.33. The van der Waals surface area contributed by atoms with Gasteiger partial charge in [0, 0.05) is 32.6 Å². The van der Waals surface area contributed by atoms with Gasteiger partial charge in [-0.25, -0.2) is 14.8 Å². The summed E-state index contributed by atoms with van der Waals surface area (Å²) in [6, 6.07) is 10.8. The topological polar surface area (TPSA) is 146 Å². The van der Waals surface area contributed by atoms with Crippen LogP contribution in [0.2, 0.25) is 0 Å². The average molecular weight is 483 g/mol. The second-order valence-electron chi connectivity index (χ2n) is 8.18. The largest absolute Gasteiger partial charge is 0.477 e. The van der Waals surface area contributed by atoms with Gasteiger partial charge in [-0.1, -0.05) is 6.07 Å². The highest BCUT2D eigenvalue weighted by Gasteiger charge is 2.26. The molecule has 0 radical (unpaired) electrons. The van der Waals surface area contributed by atoms with E-state index in [0.29, 0.717) is 43.6 Å². The summed E-state index contributed by atoms with van der Waals surface area (Å²) in [4.78, 5) is 40.3. The van der Waals surface area contributed by atoms with Gasteiger partial charge in [0.1, 0.15) is 23.3 Å². The molecular formula is C25H21N7O4. The molecule has 180 valence electrons. The van der Waals surface area contributed by atoms with Gasteiger partial charge in [-0.3, -0.25) is 14.3 Å². The number of pyridine rings is 4. The molecule has 5 rings (SSSR count). The van der Waals surface area contributed by atoms with Crippen molar-refractivity contribution < 1.29 is 14.6 Å². The number of carbonyl (C=O) groups is 1. The van der Waals surface area contributed by atoms with Crippen LogP contribution >= 0.6 is 0 Å². The molecule has 0 aromatic carbocycles. The van der Waals surface area contributed by atoms with Crippen LogP contribution in [0.3, 0.4) is 0 Å². The first-order valence-corrected chi connectivity index (χ1v) is 11.1. The molecular weight excluding hydrogens is 462 g/mol. The standard InChI is InChI=1S/C25H21N7O4/c1-36-8-7-28-21-5-4-17(11-29-21)32-13-19(25(34)35)22(33)18-9-16(10-26)23(30-24(18)32)31-12-15-3-2-6-27-20(15)14-31/h2-6,9,11,13H,7-8,12,14H2,1H3,(H,28,29)(H,34,35). The van der Waals surface area contributed by atoms with Crippen molar-refractivity contribution >= 4 is 28.6 Å². The third-order valence-corrected chi connectivity index (χ3v) is 5.93. The fourth-order valence-corrected chi connectivity index (χ4v) is 4.18. The van der Waals surface area contributed by atoms with E-state index in [4.69, 9.17) is 9.72 Å². The number of fused-ring (bicyclic) bond motifs is 2. The lowest BCUT2D eigenvalue weighted by Crippen LogP contribution is -2.22. The zero-order valence-electron chi connectivity index (χ0n) is 19.3. The first kappa shape index (κ1) is 22.9. The van der Waals surface area contributed by atoms with Crippen molar-refractivity contribution in [2.45, 2.75) is 13.1 Å². The number of hydrogen-bond acceptors (Lipinski definition) is 9. The Balaban J connectivity index is 1.65. The number of rotatable bonds is 7. The lowest BCUT2D eigenvalue weighted by molar-refractivity contribution is 0.0695. The van der Waals surface area contributed by atoms with Crippen LogP contribution in [0.15, 0.2) is 53.7 Å². The normalized spacial score (nSPS) is 12.4. The summed E-state index contributed by atoms with van der Waals surface area (Å²) < 4.78 is 6.54. The van der Waals surface area contributed by atoms with Gasteiger partial charge >= 0.3 is 5.97 Å². The predicted octanol–water partition coefficient (Wildman–Crippen LogP) is 2.32. The number of nitrogens with zero attached hydrogens (tertiary/aromatic N) is 6. The van der Waals surface area contributed by atoms with Gasteiger partial charge < -0.3 is 20.1 Å². The maximum atomic E-state index is 13.0. The Hall–Kier alpha value is -4.82. The van der Waals surface area contributed by atoms with Crippen LogP contribution in [-0.4, -0.2) is 50.9 Å². The number of methoxy groups -OCH3 is 1. The fourth-order valence-electron chi connectivity index (χ4n) is 4.18. The van der Waals surface area contributed by atoms with E-state index in [0.717, 1.165) is 11.3 Å². The maximum absolute atomic E-state index is 13.0. The van der Waals surface area contributed by atoms with Crippen LogP contribution in [0.4, 0.5) is 11.6 Å². The van der Waals surface area contributed by atoms with E-state index in [2.05, 4.69) is 21.4 Å². The van der Waals surface area contributed by atoms with Crippen LogP contribution in [0.25, 0.3) is 16.7 Å². The summed E-state index contributed by atoms with van der Waals surface area (Å²) in [6.07, 6.45) is 4.51. The Kier molecular flexibility index (Phi) is 6.02. The highest BCUT2D eigenvalue weighted by atomic mass is 16.5. The van der Waals surface area contributed by atoms with Crippen molar-refractivity contribution in [1.82, 2.24) is 19.5 Å². The first-order chi connectivity index (χ1) is 17.5. The third kappa shape index (κ3) is 4.10. The van der Waals surface area contributed by atoms with Crippen molar-refractivity contribution in [3.8, 4) is 11.8 Å². The molecule has 0 bridgehead atoms. The van der Waals surface area contributed by atoms with E-state index in [9.17, 15) is 20.0 Å². The van der Waals surface area contributed by atoms with Gasteiger partial charge in [0.05, 0.1) is 41.7 Å². The number of carboxylic acids is 1. The molecule has 1 aliphatic heterocycles. The highest BCUT2D eigenvalue weighted by molar-refractivity contribution is 5.93. The molecule has 0 aliphatic carbocycles. The summed E-state index contributed by atoms with van der Waals surface area (Å²) in [7, 11) is 1.61. The molecule has 5 heterocycles. The van der Waals surface area contributed by atoms with E-state index < -0.39 is 17.0 Å². The summed E-state index contributed by atoms with van der Waals surface area (Å²) in [6.45, 7) is 2.06. The van der Waals surface area contributed by atoms with E-state index in [-0.39, 0.29) is 16.6 Å². The minimum absolute atomic E-state index is 0.0346. The van der Waals surface area contributed by atoms with Crippen molar-refractivity contribution in [3.05, 3.63) is 81.5 Å². The molecule has 1 aliphatic rings. The SMILES string of the molecule is COCCNc1ccc(-n2cc(C(=O)O)c(=O)c3cc(C#N)c(N4Cc5cccnc5C4)nc32)cn1. The fraction of sp³-hybridized carbons (Fsp3) is 0.200. The molecule has 0 atom stereocenters. The first-order valence-electron chi connectivity index (χ1n) is 11.1. The van der Waals surface area contributed by atoms with Crippen molar-refractivity contribution in [3.63, 3.8) is 0 Å². The lowest BCUT2D eigenvalue weighted by atomic mass is 10.1. The zero-order valence-corrected chi connectivity index (χ0v) is 19.3. The quantitative estimate of drug-likeness (QED) is 0.375. The van der Waals surface area contributed by atoms with E-state index in [1.165, 1.54) is 16.8 Å². The molecule has 0 spiro atoms. The summed E-state index contributed by atoms with van der Waals surface area (Å²) in [5.74, 6) is -0.363. The number of nitriles is 1. The van der Waals surface area contributed by atoms with Crippen molar-refractivity contribution in [2.75, 3.05) is 30.5 Å². The minimum atomic E-state index is -1.37.